The highest BCUT2D eigenvalue weighted by Gasteiger charge is 2.20. The lowest BCUT2D eigenvalue weighted by atomic mass is 9.92. The minimum Gasteiger partial charge on any atom is -0.481 e. The van der Waals surface area contributed by atoms with Crippen molar-refractivity contribution in [2.24, 2.45) is 0 Å². The van der Waals surface area contributed by atoms with Crippen molar-refractivity contribution in [3.8, 4) is 18.1 Å². The molecule has 1 saturated carbocycles. The van der Waals surface area contributed by atoms with Crippen molar-refractivity contribution in [1.29, 1.82) is 0 Å². The van der Waals surface area contributed by atoms with Crippen LogP contribution in [0.25, 0.3) is 0 Å². The summed E-state index contributed by atoms with van der Waals surface area (Å²) in [7, 11) is 0. The molecule has 2 N–H and O–H groups in total. The van der Waals surface area contributed by atoms with Crippen molar-refractivity contribution in [2.75, 3.05) is 6.61 Å². The van der Waals surface area contributed by atoms with Gasteiger partial charge in [0.1, 0.15) is 12.4 Å². The first-order chi connectivity index (χ1) is 9.69. The zero-order valence-electron chi connectivity index (χ0n) is 12.0. The summed E-state index contributed by atoms with van der Waals surface area (Å²) >= 11 is 0. The van der Waals surface area contributed by atoms with E-state index in [2.05, 4.69) is 30.3 Å². The Bertz CT molecular complexity index is 441. The second-order valence-corrected chi connectivity index (χ2v) is 5.46. The van der Waals surface area contributed by atoms with E-state index >= 15 is 0 Å². The first kappa shape index (κ1) is 14.9. The molecule has 20 heavy (non-hydrogen) atoms. The van der Waals surface area contributed by atoms with E-state index < -0.39 is 0 Å². The molecule has 1 aromatic carbocycles. The Morgan fingerprint density at radius 2 is 1.95 bits per heavy atom. The number of nitrogens with one attached hydrogen (secondary N) is 1. The Hall–Kier alpha value is -1.50. The fourth-order valence-electron chi connectivity index (χ4n) is 2.67. The van der Waals surface area contributed by atoms with E-state index in [9.17, 15) is 5.11 Å². The first-order valence-corrected chi connectivity index (χ1v) is 7.29. The summed E-state index contributed by atoms with van der Waals surface area (Å²) in [6, 6.07) is 8.86. The summed E-state index contributed by atoms with van der Waals surface area (Å²) in [6.07, 6.45) is 8.98. The van der Waals surface area contributed by atoms with Crippen molar-refractivity contribution >= 4 is 0 Å². The van der Waals surface area contributed by atoms with Crippen LogP contribution in [0.4, 0.5) is 0 Å². The molecule has 0 radical (unpaired) electrons. The molecule has 0 amide bonds. The van der Waals surface area contributed by atoms with Gasteiger partial charge in [0.15, 0.2) is 0 Å². The lowest BCUT2D eigenvalue weighted by Crippen LogP contribution is -2.36. The molecule has 0 spiro atoms. The SMILES string of the molecule is C#CCOc1ccc(C(C)NC2CCC(O)CC2)cc1. The van der Waals surface area contributed by atoms with Gasteiger partial charge < -0.3 is 15.2 Å². The normalized spacial score (nSPS) is 23.9. The van der Waals surface area contributed by atoms with Gasteiger partial charge in [-0.25, -0.2) is 0 Å². The van der Waals surface area contributed by atoms with Gasteiger partial charge in [-0.1, -0.05) is 18.1 Å². The van der Waals surface area contributed by atoms with Crippen LogP contribution in [0.1, 0.15) is 44.2 Å². The van der Waals surface area contributed by atoms with Gasteiger partial charge in [0.05, 0.1) is 6.10 Å². The van der Waals surface area contributed by atoms with Crippen LogP contribution < -0.4 is 10.1 Å². The molecule has 108 valence electrons. The molecule has 3 nitrogen and oxygen atoms in total. The number of aliphatic hydroxyl groups is 1. The second-order valence-electron chi connectivity index (χ2n) is 5.46. The summed E-state index contributed by atoms with van der Waals surface area (Å²) in [5.74, 6) is 3.26. The fraction of sp³-hybridized carbons (Fsp3) is 0.529. The average Bonchev–Trinajstić information content (AvgIpc) is 2.48. The smallest absolute Gasteiger partial charge is 0.148 e. The molecule has 3 heteroatoms. The molecule has 1 aliphatic carbocycles. The zero-order valence-corrected chi connectivity index (χ0v) is 12.0. The van der Waals surface area contributed by atoms with Crippen LogP contribution in [0.5, 0.6) is 5.75 Å². The molecule has 0 aliphatic heterocycles. The molecule has 1 aliphatic rings. The number of benzene rings is 1. The van der Waals surface area contributed by atoms with Crippen molar-refractivity contribution in [1.82, 2.24) is 5.32 Å². The Kier molecular flexibility index (Phi) is 5.46. The zero-order chi connectivity index (χ0) is 14.4. The Morgan fingerprint density at radius 1 is 1.30 bits per heavy atom. The first-order valence-electron chi connectivity index (χ1n) is 7.29. The molecule has 0 saturated heterocycles. The second kappa shape index (κ2) is 7.33. The summed E-state index contributed by atoms with van der Waals surface area (Å²) in [4.78, 5) is 0. The van der Waals surface area contributed by atoms with Crippen molar-refractivity contribution in [2.45, 2.75) is 50.8 Å². The molecular formula is C17H23NO2. The summed E-state index contributed by atoms with van der Waals surface area (Å²) in [5.41, 5.74) is 1.24. The quantitative estimate of drug-likeness (QED) is 0.810. The van der Waals surface area contributed by atoms with Crippen LogP contribution in [0.2, 0.25) is 0 Å². The van der Waals surface area contributed by atoms with Gasteiger partial charge in [-0.2, -0.15) is 0 Å². The monoisotopic (exact) mass is 273 g/mol. The summed E-state index contributed by atoms with van der Waals surface area (Å²) in [5, 5.41) is 13.2. The fourth-order valence-corrected chi connectivity index (χ4v) is 2.67. The van der Waals surface area contributed by atoms with Crippen LogP contribution in [-0.2, 0) is 0 Å². The van der Waals surface area contributed by atoms with Gasteiger partial charge in [-0.3, -0.25) is 0 Å². The van der Waals surface area contributed by atoms with Crippen molar-refractivity contribution in [3.63, 3.8) is 0 Å². The third-order valence-electron chi connectivity index (χ3n) is 3.88. The van der Waals surface area contributed by atoms with Crippen LogP contribution in [0, 0.1) is 12.3 Å². The molecule has 1 atom stereocenters. The van der Waals surface area contributed by atoms with E-state index in [1.807, 2.05) is 12.1 Å². The van der Waals surface area contributed by atoms with Gasteiger partial charge in [0, 0.05) is 12.1 Å². The lowest BCUT2D eigenvalue weighted by molar-refractivity contribution is 0.114. The van der Waals surface area contributed by atoms with Gasteiger partial charge >= 0.3 is 0 Å². The maximum atomic E-state index is 9.52. The Labute approximate surface area is 121 Å². The molecule has 0 aromatic heterocycles. The highest BCUT2D eigenvalue weighted by atomic mass is 16.5. The topological polar surface area (TPSA) is 41.5 Å². The molecule has 2 rings (SSSR count). The Balaban J connectivity index is 1.85. The molecule has 0 heterocycles. The molecule has 1 fully saturated rings. The predicted molar refractivity (Wildman–Crippen MR) is 80.6 cm³/mol. The number of aliphatic hydroxyl groups excluding tert-OH is 1. The third kappa shape index (κ3) is 4.26. The predicted octanol–water partition coefficient (Wildman–Crippen LogP) is 2.65. The number of terminal acetylenes is 1. The third-order valence-corrected chi connectivity index (χ3v) is 3.88. The van der Waals surface area contributed by atoms with Crippen LogP contribution >= 0.6 is 0 Å². The van der Waals surface area contributed by atoms with Crippen LogP contribution in [0.15, 0.2) is 24.3 Å². The largest absolute Gasteiger partial charge is 0.481 e. The van der Waals surface area contributed by atoms with Gasteiger partial charge in [0.25, 0.3) is 0 Å². The number of hydrogen-bond donors (Lipinski definition) is 2. The number of hydrogen-bond acceptors (Lipinski definition) is 3. The lowest BCUT2D eigenvalue weighted by Gasteiger charge is -2.29. The molecule has 1 aromatic rings. The van der Waals surface area contributed by atoms with E-state index in [1.165, 1.54) is 5.56 Å². The number of ether oxygens (including phenoxy) is 1. The van der Waals surface area contributed by atoms with Gasteiger partial charge in [-0.05, 0) is 50.3 Å². The van der Waals surface area contributed by atoms with Crippen molar-refractivity contribution < 1.29 is 9.84 Å². The summed E-state index contributed by atoms with van der Waals surface area (Å²) in [6.45, 7) is 2.47. The average molecular weight is 273 g/mol. The minimum atomic E-state index is -0.101. The molecule has 1 unspecified atom stereocenters. The van der Waals surface area contributed by atoms with E-state index in [-0.39, 0.29) is 6.10 Å². The van der Waals surface area contributed by atoms with Crippen molar-refractivity contribution in [3.05, 3.63) is 29.8 Å². The molecular weight excluding hydrogens is 250 g/mol. The van der Waals surface area contributed by atoms with E-state index in [0.717, 1.165) is 31.4 Å². The Morgan fingerprint density at radius 3 is 2.55 bits per heavy atom. The van der Waals surface area contributed by atoms with E-state index in [4.69, 9.17) is 11.2 Å². The van der Waals surface area contributed by atoms with Gasteiger partial charge in [-0.15, -0.1) is 6.42 Å². The van der Waals surface area contributed by atoms with E-state index in [1.54, 1.807) is 0 Å². The van der Waals surface area contributed by atoms with Crippen LogP contribution in [-0.4, -0.2) is 23.9 Å². The van der Waals surface area contributed by atoms with Crippen LogP contribution in [0.3, 0.4) is 0 Å². The molecule has 0 bridgehead atoms. The highest BCUT2D eigenvalue weighted by molar-refractivity contribution is 5.29. The standard InChI is InChI=1S/C17H23NO2/c1-3-12-20-17-10-4-14(5-11-17)13(2)18-15-6-8-16(19)9-7-15/h1,4-5,10-11,13,15-16,18-19H,6-9,12H2,2H3. The highest BCUT2D eigenvalue weighted by Crippen LogP contribution is 2.23. The minimum absolute atomic E-state index is 0.101. The maximum Gasteiger partial charge on any atom is 0.148 e. The van der Waals surface area contributed by atoms with E-state index in [0.29, 0.717) is 18.7 Å². The maximum absolute atomic E-state index is 9.52. The summed E-state index contributed by atoms with van der Waals surface area (Å²) < 4.78 is 5.37. The van der Waals surface area contributed by atoms with Gasteiger partial charge in [0.2, 0.25) is 0 Å². The number of rotatable bonds is 5.